The highest BCUT2D eigenvalue weighted by Gasteiger charge is 2.38. The van der Waals surface area contributed by atoms with E-state index in [1.165, 1.54) is 6.92 Å². The molecule has 0 heterocycles. The second-order valence-electron chi connectivity index (χ2n) is 7.29. The fourth-order valence-corrected chi connectivity index (χ4v) is 2.37. The van der Waals surface area contributed by atoms with Crippen LogP contribution in [0, 0.1) is 11.8 Å². The third-order valence-corrected chi connectivity index (χ3v) is 3.54. The maximum atomic E-state index is 13.0. The fourth-order valence-electron chi connectivity index (χ4n) is 2.37. The summed E-state index contributed by atoms with van der Waals surface area (Å²) >= 11 is 0. The van der Waals surface area contributed by atoms with E-state index in [1.54, 1.807) is 20.8 Å². The highest BCUT2D eigenvalue weighted by atomic mass is 19.1. The SMILES string of the molecule is COC(=O)C(C(=O)O)C(CC(C)CCC(C)F)NC(=O)OC(C)(C)C. The number of carboxylic acids is 1. The van der Waals surface area contributed by atoms with Crippen molar-refractivity contribution in [2.45, 2.75) is 71.7 Å². The third-order valence-electron chi connectivity index (χ3n) is 3.54. The number of halogens is 1. The van der Waals surface area contributed by atoms with Crippen LogP contribution in [0.2, 0.25) is 0 Å². The molecule has 0 aliphatic heterocycles. The lowest BCUT2D eigenvalue weighted by Gasteiger charge is -2.28. The van der Waals surface area contributed by atoms with Crippen molar-refractivity contribution in [3.63, 3.8) is 0 Å². The van der Waals surface area contributed by atoms with Crippen LogP contribution in [0.5, 0.6) is 0 Å². The van der Waals surface area contributed by atoms with Crippen LogP contribution in [0.3, 0.4) is 0 Å². The number of carbonyl (C=O) groups excluding carboxylic acids is 2. The zero-order valence-electron chi connectivity index (χ0n) is 15.8. The molecule has 0 rings (SSSR count). The van der Waals surface area contributed by atoms with Crippen molar-refractivity contribution in [2.75, 3.05) is 7.11 Å². The van der Waals surface area contributed by atoms with Crippen molar-refractivity contribution in [2.24, 2.45) is 11.8 Å². The molecule has 2 N–H and O–H groups in total. The Balaban J connectivity index is 5.23. The maximum Gasteiger partial charge on any atom is 0.407 e. The van der Waals surface area contributed by atoms with E-state index in [4.69, 9.17) is 4.74 Å². The molecule has 4 unspecified atom stereocenters. The second kappa shape index (κ2) is 10.2. The largest absolute Gasteiger partial charge is 0.481 e. The summed E-state index contributed by atoms with van der Waals surface area (Å²) in [7, 11) is 1.08. The molecule has 0 radical (unpaired) electrons. The van der Waals surface area contributed by atoms with E-state index < -0.39 is 41.8 Å². The van der Waals surface area contributed by atoms with Crippen LogP contribution in [-0.2, 0) is 19.1 Å². The van der Waals surface area contributed by atoms with Crippen LogP contribution in [0.15, 0.2) is 0 Å². The molecule has 0 aromatic carbocycles. The average molecular weight is 363 g/mol. The van der Waals surface area contributed by atoms with Gasteiger partial charge in [-0.25, -0.2) is 9.18 Å². The van der Waals surface area contributed by atoms with Crippen LogP contribution >= 0.6 is 0 Å². The molecule has 7 nitrogen and oxygen atoms in total. The van der Waals surface area contributed by atoms with Crippen molar-refractivity contribution in [1.82, 2.24) is 5.32 Å². The summed E-state index contributed by atoms with van der Waals surface area (Å²) in [5.74, 6) is -4.04. The molecule has 0 aliphatic rings. The van der Waals surface area contributed by atoms with Crippen molar-refractivity contribution in [3.8, 4) is 0 Å². The number of nitrogens with one attached hydrogen (secondary N) is 1. The average Bonchev–Trinajstić information content (AvgIpc) is 2.42. The number of ether oxygens (including phenoxy) is 2. The molecule has 146 valence electrons. The lowest BCUT2D eigenvalue weighted by atomic mass is 9.88. The van der Waals surface area contributed by atoms with E-state index in [1.807, 2.05) is 6.92 Å². The summed E-state index contributed by atoms with van der Waals surface area (Å²) in [6.45, 7) is 8.26. The minimum Gasteiger partial charge on any atom is -0.481 e. The number of esters is 1. The predicted molar refractivity (Wildman–Crippen MR) is 89.9 cm³/mol. The fraction of sp³-hybridized carbons (Fsp3) is 0.824. The number of carbonyl (C=O) groups is 3. The summed E-state index contributed by atoms with van der Waals surface area (Å²) in [6.07, 6.45) is -0.805. The van der Waals surface area contributed by atoms with Gasteiger partial charge in [-0.15, -0.1) is 0 Å². The van der Waals surface area contributed by atoms with E-state index in [0.29, 0.717) is 12.8 Å². The number of aliphatic carboxylic acids is 1. The molecule has 0 aliphatic carbocycles. The Labute approximate surface area is 148 Å². The highest BCUT2D eigenvalue weighted by molar-refractivity contribution is 5.95. The molecule has 8 heteroatoms. The summed E-state index contributed by atoms with van der Waals surface area (Å²) in [5, 5.41) is 11.8. The number of alkyl carbamates (subject to hydrolysis) is 1. The molecule has 25 heavy (non-hydrogen) atoms. The van der Waals surface area contributed by atoms with Gasteiger partial charge in [0.2, 0.25) is 0 Å². The molecule has 0 aromatic heterocycles. The van der Waals surface area contributed by atoms with E-state index in [2.05, 4.69) is 10.1 Å². The summed E-state index contributed by atoms with van der Waals surface area (Å²) in [5.41, 5.74) is -0.770. The monoisotopic (exact) mass is 363 g/mol. The predicted octanol–water partition coefficient (Wildman–Crippen LogP) is 2.92. The van der Waals surface area contributed by atoms with E-state index >= 15 is 0 Å². The van der Waals surface area contributed by atoms with Gasteiger partial charge in [-0.2, -0.15) is 0 Å². The summed E-state index contributed by atoms with van der Waals surface area (Å²) < 4.78 is 22.7. The molecule has 0 fully saturated rings. The van der Waals surface area contributed by atoms with E-state index in [9.17, 15) is 23.9 Å². The standard InChI is InChI=1S/C17H30FNO6/c1-10(7-8-11(2)18)9-12(13(14(20)21)15(22)24-6)19-16(23)25-17(3,4)5/h10-13H,7-9H2,1-6H3,(H,19,23)(H,20,21). The Morgan fingerprint density at radius 1 is 1.16 bits per heavy atom. The number of alkyl halides is 1. The third kappa shape index (κ3) is 9.89. The normalized spacial score (nSPS) is 16.3. The molecule has 0 aromatic rings. The Hall–Kier alpha value is -1.86. The Bertz CT molecular complexity index is 461. The van der Waals surface area contributed by atoms with Gasteiger partial charge in [-0.05, 0) is 52.9 Å². The zero-order chi connectivity index (χ0) is 19.8. The minimum absolute atomic E-state index is 0.107. The van der Waals surface area contributed by atoms with Crippen molar-refractivity contribution < 1.29 is 33.4 Å². The zero-order valence-corrected chi connectivity index (χ0v) is 15.8. The molecular formula is C17H30FNO6. The first kappa shape index (κ1) is 23.1. The van der Waals surface area contributed by atoms with Gasteiger partial charge in [0.05, 0.1) is 19.3 Å². The quantitative estimate of drug-likeness (QED) is 0.482. The van der Waals surface area contributed by atoms with Gasteiger partial charge in [0.1, 0.15) is 5.60 Å². The maximum absolute atomic E-state index is 13.0. The Morgan fingerprint density at radius 3 is 2.12 bits per heavy atom. The van der Waals surface area contributed by atoms with Crippen LogP contribution < -0.4 is 5.32 Å². The first-order chi connectivity index (χ1) is 11.4. The van der Waals surface area contributed by atoms with Gasteiger partial charge in [0.25, 0.3) is 0 Å². The number of hydrogen-bond donors (Lipinski definition) is 2. The van der Waals surface area contributed by atoms with Crippen molar-refractivity contribution in [3.05, 3.63) is 0 Å². The minimum atomic E-state index is -1.57. The summed E-state index contributed by atoms with van der Waals surface area (Å²) in [6, 6.07) is -1.02. The molecule has 0 saturated heterocycles. The number of amides is 1. The van der Waals surface area contributed by atoms with Crippen LogP contribution in [0.25, 0.3) is 0 Å². The molecule has 1 amide bonds. The lowest BCUT2D eigenvalue weighted by molar-refractivity contribution is -0.158. The molecular weight excluding hydrogens is 333 g/mol. The molecule has 4 atom stereocenters. The smallest absolute Gasteiger partial charge is 0.407 e. The van der Waals surface area contributed by atoms with E-state index in [0.717, 1.165) is 7.11 Å². The first-order valence-electron chi connectivity index (χ1n) is 8.31. The number of methoxy groups -OCH3 is 1. The Kier molecular flexibility index (Phi) is 9.44. The van der Waals surface area contributed by atoms with Gasteiger partial charge in [0, 0.05) is 0 Å². The topological polar surface area (TPSA) is 102 Å². The van der Waals surface area contributed by atoms with Gasteiger partial charge in [-0.3, -0.25) is 9.59 Å². The number of hydrogen-bond acceptors (Lipinski definition) is 5. The molecule has 0 saturated carbocycles. The van der Waals surface area contributed by atoms with Crippen molar-refractivity contribution in [1.29, 1.82) is 0 Å². The molecule has 0 bridgehead atoms. The van der Waals surface area contributed by atoms with E-state index in [-0.39, 0.29) is 12.3 Å². The second-order valence-corrected chi connectivity index (χ2v) is 7.29. The number of rotatable bonds is 9. The first-order valence-corrected chi connectivity index (χ1v) is 8.31. The Morgan fingerprint density at radius 2 is 1.72 bits per heavy atom. The lowest BCUT2D eigenvalue weighted by Crippen LogP contribution is -2.49. The summed E-state index contributed by atoms with van der Waals surface area (Å²) in [4.78, 5) is 35.4. The van der Waals surface area contributed by atoms with Crippen LogP contribution in [0.4, 0.5) is 9.18 Å². The van der Waals surface area contributed by atoms with Gasteiger partial charge >= 0.3 is 18.0 Å². The van der Waals surface area contributed by atoms with Crippen molar-refractivity contribution >= 4 is 18.0 Å². The van der Waals surface area contributed by atoms with Gasteiger partial charge in [-0.1, -0.05) is 6.92 Å². The number of carboxylic acid groups (broad SMARTS) is 1. The highest BCUT2D eigenvalue weighted by Crippen LogP contribution is 2.21. The van der Waals surface area contributed by atoms with Crippen LogP contribution in [0.1, 0.15) is 53.9 Å². The van der Waals surface area contributed by atoms with Crippen LogP contribution in [-0.4, -0.2) is 48.1 Å². The van der Waals surface area contributed by atoms with Gasteiger partial charge in [0.15, 0.2) is 5.92 Å². The van der Waals surface area contributed by atoms with Gasteiger partial charge < -0.3 is 19.9 Å². The molecule has 0 spiro atoms.